The van der Waals surface area contributed by atoms with Crippen LogP contribution in [0.25, 0.3) is 0 Å². The second-order valence-electron chi connectivity index (χ2n) is 10.1. The zero-order valence-corrected chi connectivity index (χ0v) is 17.5. The Hall–Kier alpha value is -2.15. The number of quaternary nitrogens is 1. The van der Waals surface area contributed by atoms with Crippen LogP contribution in [0, 0.1) is 23.6 Å². The summed E-state index contributed by atoms with van der Waals surface area (Å²) < 4.78 is 13.1. The molecule has 4 bridgehead atoms. The maximum atomic E-state index is 13.1. The number of hydrogen-bond donors (Lipinski definition) is 3. The summed E-state index contributed by atoms with van der Waals surface area (Å²) in [5.74, 6) is 1.84. The van der Waals surface area contributed by atoms with Crippen LogP contribution in [-0.4, -0.2) is 50.2 Å². The first kappa shape index (κ1) is 19.8. The number of nitrogens with one attached hydrogen (secondary N) is 3. The lowest BCUT2D eigenvalue weighted by atomic mass is 9.53. The summed E-state index contributed by atoms with van der Waals surface area (Å²) in [5, 5.41) is 5.79. The van der Waals surface area contributed by atoms with Gasteiger partial charge in [-0.25, -0.2) is 9.18 Å². The van der Waals surface area contributed by atoms with Crippen LogP contribution in [0.2, 0.25) is 0 Å². The molecule has 1 heterocycles. The highest BCUT2D eigenvalue weighted by Crippen LogP contribution is 2.55. The van der Waals surface area contributed by atoms with E-state index in [9.17, 15) is 14.0 Å². The summed E-state index contributed by atoms with van der Waals surface area (Å²) in [5.41, 5.74) is 0.932. The molecule has 1 saturated heterocycles. The van der Waals surface area contributed by atoms with Crippen molar-refractivity contribution in [3.05, 3.63) is 30.1 Å². The molecule has 4 aliphatic carbocycles. The molecule has 1 aromatic rings. The summed E-state index contributed by atoms with van der Waals surface area (Å²) >= 11 is 0. The number of carbonyl (C=O) groups is 2. The monoisotopic (exact) mass is 415 g/mol. The quantitative estimate of drug-likeness (QED) is 0.695. The normalized spacial score (nSPS) is 32.8. The summed E-state index contributed by atoms with van der Waals surface area (Å²) in [6.07, 6.45) is 7.23. The summed E-state index contributed by atoms with van der Waals surface area (Å²) in [4.78, 5) is 28.4. The Labute approximate surface area is 177 Å². The third-order valence-electron chi connectivity index (χ3n) is 7.74. The first-order chi connectivity index (χ1) is 14.5. The minimum atomic E-state index is -0.314. The fourth-order valence-electron chi connectivity index (χ4n) is 6.84. The highest BCUT2D eigenvalue weighted by molar-refractivity contribution is 5.95. The van der Waals surface area contributed by atoms with Crippen LogP contribution in [-0.2, 0) is 4.79 Å². The molecule has 0 radical (unpaired) electrons. The molecule has 0 atom stereocenters. The van der Waals surface area contributed by atoms with Gasteiger partial charge in [0, 0.05) is 11.2 Å². The van der Waals surface area contributed by atoms with Crippen molar-refractivity contribution in [1.82, 2.24) is 10.6 Å². The van der Waals surface area contributed by atoms with Gasteiger partial charge in [-0.3, -0.25) is 10.1 Å². The van der Waals surface area contributed by atoms with E-state index in [1.54, 1.807) is 12.1 Å². The fourth-order valence-corrected chi connectivity index (χ4v) is 6.84. The van der Waals surface area contributed by atoms with E-state index in [0.717, 1.165) is 68.9 Å². The maximum absolute atomic E-state index is 13.1. The van der Waals surface area contributed by atoms with Gasteiger partial charge in [0.05, 0.1) is 26.2 Å². The molecule has 6 nitrogen and oxygen atoms in total. The van der Waals surface area contributed by atoms with Gasteiger partial charge < -0.3 is 15.1 Å². The molecule has 4 saturated carbocycles. The van der Waals surface area contributed by atoms with Crippen molar-refractivity contribution in [3.8, 4) is 0 Å². The van der Waals surface area contributed by atoms with Crippen molar-refractivity contribution in [2.75, 3.05) is 37.6 Å². The van der Waals surface area contributed by atoms with Gasteiger partial charge in [-0.2, -0.15) is 0 Å². The number of urea groups is 1. The summed E-state index contributed by atoms with van der Waals surface area (Å²) in [7, 11) is 0. The summed E-state index contributed by atoms with van der Waals surface area (Å²) in [6.45, 7) is 3.58. The number of halogens is 1. The molecular formula is C23H32FN4O2+. The molecule has 6 rings (SSSR count). The first-order valence-electron chi connectivity index (χ1n) is 11.4. The van der Waals surface area contributed by atoms with Crippen molar-refractivity contribution in [2.24, 2.45) is 17.8 Å². The van der Waals surface area contributed by atoms with Gasteiger partial charge in [0.25, 0.3) is 5.91 Å². The molecule has 5 aliphatic rings. The molecule has 5 fully saturated rings. The SMILES string of the molecule is O=C(C[NH+]1CCN(c2ccc(F)cc2)CC1)NC(=O)NC12CC3CC(CC(C3)C1)C2. The largest absolute Gasteiger partial charge is 0.360 e. The van der Waals surface area contributed by atoms with Crippen molar-refractivity contribution in [1.29, 1.82) is 0 Å². The van der Waals surface area contributed by atoms with E-state index in [1.165, 1.54) is 36.3 Å². The highest BCUT2D eigenvalue weighted by Gasteiger charge is 2.51. The zero-order chi connectivity index (χ0) is 20.7. The molecule has 162 valence electrons. The predicted molar refractivity (Wildman–Crippen MR) is 112 cm³/mol. The van der Waals surface area contributed by atoms with E-state index in [-0.39, 0.29) is 23.3 Å². The van der Waals surface area contributed by atoms with Crippen LogP contribution >= 0.6 is 0 Å². The van der Waals surface area contributed by atoms with E-state index in [1.807, 2.05) is 0 Å². The minimum Gasteiger partial charge on any atom is -0.360 e. The molecule has 3 N–H and O–H groups in total. The standard InChI is InChI=1S/C23H31FN4O2/c24-19-1-3-20(4-2-19)28-7-5-27(6-8-28)15-21(29)25-22(30)26-23-12-16-9-17(13-23)11-18(10-16)14-23/h1-4,16-18H,5-15H2,(H2,25,26,29,30)/p+1. The van der Waals surface area contributed by atoms with Crippen LogP contribution < -0.4 is 20.4 Å². The number of hydrogen-bond acceptors (Lipinski definition) is 3. The Kier molecular flexibility index (Phi) is 5.17. The van der Waals surface area contributed by atoms with Crippen molar-refractivity contribution in [3.63, 3.8) is 0 Å². The van der Waals surface area contributed by atoms with Crippen molar-refractivity contribution < 1.29 is 18.9 Å². The van der Waals surface area contributed by atoms with Gasteiger partial charge in [-0.05, 0) is 80.5 Å². The van der Waals surface area contributed by atoms with E-state index < -0.39 is 0 Å². The van der Waals surface area contributed by atoms with E-state index >= 15 is 0 Å². The van der Waals surface area contributed by atoms with Crippen LogP contribution in [0.5, 0.6) is 0 Å². The predicted octanol–water partition coefficient (Wildman–Crippen LogP) is 1.33. The topological polar surface area (TPSA) is 65.9 Å². The molecule has 0 spiro atoms. The molecule has 7 heteroatoms. The average Bonchev–Trinajstić information content (AvgIpc) is 2.67. The van der Waals surface area contributed by atoms with Gasteiger partial charge in [0.15, 0.2) is 6.54 Å². The smallest absolute Gasteiger partial charge is 0.322 e. The Morgan fingerprint density at radius 1 is 1.00 bits per heavy atom. The second-order valence-corrected chi connectivity index (χ2v) is 10.1. The number of benzene rings is 1. The molecular weight excluding hydrogens is 383 g/mol. The zero-order valence-electron chi connectivity index (χ0n) is 17.5. The van der Waals surface area contributed by atoms with Crippen LogP contribution in [0.1, 0.15) is 38.5 Å². The molecule has 1 aliphatic heterocycles. The van der Waals surface area contributed by atoms with E-state index in [2.05, 4.69) is 15.5 Å². The Balaban J connectivity index is 1.08. The number of carbonyl (C=O) groups excluding carboxylic acids is 2. The number of rotatable bonds is 4. The first-order valence-corrected chi connectivity index (χ1v) is 11.4. The number of nitrogens with zero attached hydrogens (tertiary/aromatic N) is 1. The molecule has 0 unspecified atom stereocenters. The number of imide groups is 1. The van der Waals surface area contributed by atoms with Crippen molar-refractivity contribution in [2.45, 2.75) is 44.1 Å². The number of piperazine rings is 1. The highest BCUT2D eigenvalue weighted by atomic mass is 19.1. The van der Waals surface area contributed by atoms with Gasteiger partial charge in [0.2, 0.25) is 0 Å². The number of amides is 3. The Morgan fingerprint density at radius 3 is 2.13 bits per heavy atom. The van der Waals surface area contributed by atoms with Crippen LogP contribution in [0.3, 0.4) is 0 Å². The van der Waals surface area contributed by atoms with Crippen LogP contribution in [0.4, 0.5) is 14.9 Å². The lowest BCUT2D eigenvalue weighted by molar-refractivity contribution is -0.892. The third kappa shape index (κ3) is 4.17. The van der Waals surface area contributed by atoms with Gasteiger partial charge in [-0.1, -0.05) is 0 Å². The lowest BCUT2D eigenvalue weighted by Gasteiger charge is -2.56. The fraction of sp³-hybridized carbons (Fsp3) is 0.652. The number of anilines is 1. The third-order valence-corrected chi connectivity index (χ3v) is 7.74. The molecule has 3 amide bonds. The van der Waals surface area contributed by atoms with E-state index in [0.29, 0.717) is 6.54 Å². The van der Waals surface area contributed by atoms with Gasteiger partial charge in [-0.15, -0.1) is 0 Å². The lowest BCUT2D eigenvalue weighted by Crippen LogP contribution is -3.16. The van der Waals surface area contributed by atoms with Gasteiger partial charge >= 0.3 is 6.03 Å². The van der Waals surface area contributed by atoms with E-state index in [4.69, 9.17) is 0 Å². The summed E-state index contributed by atoms with van der Waals surface area (Å²) in [6, 6.07) is 6.23. The molecule has 1 aromatic carbocycles. The van der Waals surface area contributed by atoms with Crippen LogP contribution in [0.15, 0.2) is 24.3 Å². The minimum absolute atomic E-state index is 0.0766. The van der Waals surface area contributed by atoms with Gasteiger partial charge in [0.1, 0.15) is 5.82 Å². The maximum Gasteiger partial charge on any atom is 0.322 e. The van der Waals surface area contributed by atoms with Crippen molar-refractivity contribution >= 4 is 17.6 Å². The Bertz CT molecular complexity index is 769. The molecule has 30 heavy (non-hydrogen) atoms. The second kappa shape index (κ2) is 7.84. The Morgan fingerprint density at radius 2 is 1.57 bits per heavy atom. The molecule has 0 aromatic heterocycles. The average molecular weight is 416 g/mol.